The lowest BCUT2D eigenvalue weighted by Crippen LogP contribution is -2.40. The van der Waals surface area contributed by atoms with E-state index in [0.717, 1.165) is 17.1 Å². The molecule has 1 N–H and O–H groups in total. The van der Waals surface area contributed by atoms with E-state index in [0.29, 0.717) is 12.2 Å². The van der Waals surface area contributed by atoms with E-state index in [1.807, 2.05) is 0 Å². The van der Waals surface area contributed by atoms with Crippen LogP contribution in [0.4, 0.5) is 0 Å². The molecule has 0 aromatic heterocycles. The van der Waals surface area contributed by atoms with Gasteiger partial charge in [-0.1, -0.05) is 0 Å². The summed E-state index contributed by atoms with van der Waals surface area (Å²) in [6.07, 6.45) is 1.82. The molecule has 0 saturated carbocycles. The van der Waals surface area contributed by atoms with Crippen molar-refractivity contribution in [3.63, 3.8) is 0 Å². The molecule has 0 aromatic carbocycles. The van der Waals surface area contributed by atoms with Crippen LogP contribution in [0.15, 0.2) is 0 Å². The summed E-state index contributed by atoms with van der Waals surface area (Å²) in [5, 5.41) is 8.64. The SMILES string of the molecule is O=C(O)CN1C(=O)CC2(CCCSC2)C1=O. The number of likely N-dealkylation sites (tertiary alicyclic amines) is 1. The fourth-order valence-electron chi connectivity index (χ4n) is 2.32. The highest BCUT2D eigenvalue weighted by Gasteiger charge is 2.52. The first-order valence-corrected chi connectivity index (χ1v) is 6.35. The van der Waals surface area contributed by atoms with Crippen LogP contribution in [0.5, 0.6) is 0 Å². The summed E-state index contributed by atoms with van der Waals surface area (Å²) in [6.45, 7) is -0.496. The van der Waals surface area contributed by atoms with Gasteiger partial charge in [0, 0.05) is 12.2 Å². The van der Waals surface area contributed by atoms with Crippen LogP contribution >= 0.6 is 11.8 Å². The molecule has 16 heavy (non-hydrogen) atoms. The maximum Gasteiger partial charge on any atom is 0.323 e. The third-order valence-electron chi connectivity index (χ3n) is 3.11. The molecule has 2 aliphatic rings. The van der Waals surface area contributed by atoms with Crippen molar-refractivity contribution in [2.45, 2.75) is 19.3 Å². The third kappa shape index (κ3) is 1.81. The Bertz CT molecular complexity index is 349. The standard InChI is InChI=1S/C10H13NO4S/c12-7-4-10(2-1-3-16-6-10)9(15)11(7)5-8(13)14/h1-6H2,(H,13,14). The smallest absolute Gasteiger partial charge is 0.323 e. The van der Waals surface area contributed by atoms with E-state index in [1.165, 1.54) is 0 Å². The summed E-state index contributed by atoms with van der Waals surface area (Å²) >= 11 is 1.67. The van der Waals surface area contributed by atoms with Crippen LogP contribution in [0.1, 0.15) is 19.3 Å². The van der Waals surface area contributed by atoms with E-state index in [1.54, 1.807) is 11.8 Å². The number of carbonyl (C=O) groups is 3. The predicted octanol–water partition coefficient (Wildman–Crippen LogP) is 0.343. The minimum Gasteiger partial charge on any atom is -0.480 e. The Morgan fingerprint density at radius 2 is 2.25 bits per heavy atom. The Hall–Kier alpha value is -1.04. The topological polar surface area (TPSA) is 74.7 Å². The highest BCUT2D eigenvalue weighted by atomic mass is 32.2. The van der Waals surface area contributed by atoms with E-state index < -0.39 is 17.9 Å². The fraction of sp³-hybridized carbons (Fsp3) is 0.700. The van der Waals surface area contributed by atoms with E-state index in [9.17, 15) is 14.4 Å². The number of imide groups is 1. The summed E-state index contributed by atoms with van der Waals surface area (Å²) in [7, 11) is 0. The van der Waals surface area contributed by atoms with Crippen LogP contribution < -0.4 is 0 Å². The van der Waals surface area contributed by atoms with Crippen molar-refractivity contribution in [2.24, 2.45) is 5.41 Å². The quantitative estimate of drug-likeness (QED) is 0.708. The van der Waals surface area contributed by atoms with Gasteiger partial charge in [0.05, 0.1) is 5.41 Å². The lowest BCUT2D eigenvalue weighted by Gasteiger charge is -2.29. The molecule has 2 rings (SSSR count). The van der Waals surface area contributed by atoms with Gasteiger partial charge in [0.2, 0.25) is 11.8 Å². The van der Waals surface area contributed by atoms with Gasteiger partial charge >= 0.3 is 5.97 Å². The molecule has 0 bridgehead atoms. The van der Waals surface area contributed by atoms with Crippen molar-refractivity contribution in [1.82, 2.24) is 4.90 Å². The van der Waals surface area contributed by atoms with E-state index in [4.69, 9.17) is 5.11 Å². The van der Waals surface area contributed by atoms with Crippen molar-refractivity contribution in [3.8, 4) is 0 Å². The van der Waals surface area contributed by atoms with Crippen molar-refractivity contribution in [1.29, 1.82) is 0 Å². The minimum absolute atomic E-state index is 0.187. The second-order valence-electron chi connectivity index (χ2n) is 4.29. The van der Waals surface area contributed by atoms with Crippen molar-refractivity contribution >= 4 is 29.5 Å². The Balaban J connectivity index is 2.17. The number of carboxylic acids is 1. The predicted molar refractivity (Wildman–Crippen MR) is 58.0 cm³/mol. The molecule has 0 radical (unpaired) electrons. The maximum absolute atomic E-state index is 12.1. The van der Waals surface area contributed by atoms with Crippen LogP contribution in [0.3, 0.4) is 0 Å². The average molecular weight is 243 g/mol. The number of hydrogen-bond donors (Lipinski definition) is 1. The molecule has 1 spiro atoms. The Labute approximate surface area is 97.2 Å². The molecule has 1 unspecified atom stereocenters. The molecule has 5 nitrogen and oxygen atoms in total. The van der Waals surface area contributed by atoms with Crippen LogP contribution in [0, 0.1) is 5.41 Å². The van der Waals surface area contributed by atoms with Gasteiger partial charge in [0.15, 0.2) is 0 Å². The van der Waals surface area contributed by atoms with Gasteiger partial charge in [-0.15, -0.1) is 0 Å². The zero-order chi connectivity index (χ0) is 11.8. The number of thioether (sulfide) groups is 1. The van der Waals surface area contributed by atoms with Crippen molar-refractivity contribution in [3.05, 3.63) is 0 Å². The molecule has 2 saturated heterocycles. The second-order valence-corrected chi connectivity index (χ2v) is 5.40. The van der Waals surface area contributed by atoms with Crippen LogP contribution in [-0.4, -0.2) is 45.8 Å². The first-order valence-electron chi connectivity index (χ1n) is 5.19. The minimum atomic E-state index is -1.14. The molecule has 2 heterocycles. The van der Waals surface area contributed by atoms with Gasteiger partial charge in [-0.25, -0.2) is 0 Å². The number of aliphatic carboxylic acids is 1. The Morgan fingerprint density at radius 3 is 2.81 bits per heavy atom. The number of hydrogen-bond acceptors (Lipinski definition) is 4. The highest BCUT2D eigenvalue weighted by Crippen LogP contribution is 2.43. The normalized spacial score (nSPS) is 30.1. The van der Waals surface area contributed by atoms with Crippen LogP contribution in [-0.2, 0) is 14.4 Å². The Morgan fingerprint density at radius 1 is 1.50 bits per heavy atom. The molecule has 6 heteroatoms. The maximum atomic E-state index is 12.1. The summed E-state index contributed by atoms with van der Waals surface area (Å²) < 4.78 is 0. The first kappa shape index (κ1) is 11.4. The Kier molecular flexibility index (Phi) is 2.92. The summed E-state index contributed by atoms with van der Waals surface area (Å²) in [5.74, 6) is -0.0974. The number of amides is 2. The van der Waals surface area contributed by atoms with Gasteiger partial charge in [-0.2, -0.15) is 11.8 Å². The fourth-order valence-corrected chi connectivity index (χ4v) is 3.57. The molecule has 88 valence electrons. The average Bonchev–Trinajstić information content (AvgIpc) is 2.44. The monoisotopic (exact) mass is 243 g/mol. The van der Waals surface area contributed by atoms with Gasteiger partial charge in [0.1, 0.15) is 6.54 Å². The zero-order valence-electron chi connectivity index (χ0n) is 8.77. The van der Waals surface area contributed by atoms with Gasteiger partial charge in [-0.05, 0) is 18.6 Å². The zero-order valence-corrected chi connectivity index (χ0v) is 9.59. The van der Waals surface area contributed by atoms with Gasteiger partial charge < -0.3 is 5.11 Å². The number of carboxylic acid groups (broad SMARTS) is 1. The van der Waals surface area contributed by atoms with E-state index in [2.05, 4.69) is 0 Å². The van der Waals surface area contributed by atoms with Crippen molar-refractivity contribution in [2.75, 3.05) is 18.1 Å². The number of nitrogens with zero attached hydrogens (tertiary/aromatic N) is 1. The number of rotatable bonds is 2. The van der Waals surface area contributed by atoms with Gasteiger partial charge in [-0.3, -0.25) is 19.3 Å². The molecule has 0 aliphatic carbocycles. The second kappa shape index (κ2) is 4.08. The first-order chi connectivity index (χ1) is 7.55. The van der Waals surface area contributed by atoms with Crippen molar-refractivity contribution < 1.29 is 19.5 Å². The molecular formula is C10H13NO4S. The number of carbonyl (C=O) groups excluding carboxylic acids is 2. The largest absolute Gasteiger partial charge is 0.480 e. The van der Waals surface area contributed by atoms with Crippen LogP contribution in [0.2, 0.25) is 0 Å². The summed E-state index contributed by atoms with van der Waals surface area (Å²) in [4.78, 5) is 35.1. The van der Waals surface area contributed by atoms with E-state index >= 15 is 0 Å². The summed E-state index contributed by atoms with van der Waals surface area (Å²) in [6, 6.07) is 0. The highest BCUT2D eigenvalue weighted by molar-refractivity contribution is 7.99. The van der Waals surface area contributed by atoms with Crippen LogP contribution in [0.25, 0.3) is 0 Å². The third-order valence-corrected chi connectivity index (χ3v) is 4.44. The molecular weight excluding hydrogens is 230 g/mol. The molecule has 1 atom stereocenters. The molecule has 2 aliphatic heterocycles. The van der Waals surface area contributed by atoms with Gasteiger partial charge in [0.25, 0.3) is 0 Å². The van der Waals surface area contributed by atoms with E-state index in [-0.39, 0.29) is 18.2 Å². The molecule has 2 amide bonds. The molecule has 0 aromatic rings. The lowest BCUT2D eigenvalue weighted by molar-refractivity contribution is -0.150. The molecule has 2 fully saturated rings. The lowest BCUT2D eigenvalue weighted by atomic mass is 9.83. The summed E-state index contributed by atoms with van der Waals surface area (Å²) in [5.41, 5.74) is -0.602.